The van der Waals surface area contributed by atoms with E-state index < -0.39 is 0 Å². The largest absolute Gasteiger partial charge is 0.372 e. The molecule has 0 saturated carbocycles. The van der Waals surface area contributed by atoms with E-state index in [2.05, 4.69) is 45.5 Å². The van der Waals surface area contributed by atoms with E-state index in [1.165, 1.54) is 0 Å². The zero-order valence-corrected chi connectivity index (χ0v) is 13.1. The number of likely N-dealkylation sites (N-methyl/N-ethyl adjacent to an activating group) is 1. The Morgan fingerprint density at radius 2 is 2.25 bits per heavy atom. The van der Waals surface area contributed by atoms with Crippen molar-refractivity contribution in [3.8, 4) is 0 Å². The summed E-state index contributed by atoms with van der Waals surface area (Å²) in [6, 6.07) is 2.67. The van der Waals surface area contributed by atoms with Crippen LogP contribution in [0.2, 0.25) is 0 Å². The summed E-state index contributed by atoms with van der Waals surface area (Å²) in [5, 5.41) is 6.37. The van der Waals surface area contributed by atoms with Gasteiger partial charge in [0.2, 0.25) is 0 Å². The fourth-order valence-electron chi connectivity index (χ4n) is 2.63. The van der Waals surface area contributed by atoms with Gasteiger partial charge in [-0.1, -0.05) is 0 Å². The van der Waals surface area contributed by atoms with Gasteiger partial charge in [0.25, 0.3) is 0 Å². The molecule has 1 atom stereocenters. The van der Waals surface area contributed by atoms with Crippen molar-refractivity contribution < 1.29 is 0 Å². The van der Waals surface area contributed by atoms with Crippen molar-refractivity contribution in [2.75, 3.05) is 39.0 Å². The highest BCUT2D eigenvalue weighted by atomic mass is 32.1. The Labute approximate surface area is 123 Å². The van der Waals surface area contributed by atoms with E-state index in [0.717, 1.165) is 48.0 Å². The van der Waals surface area contributed by atoms with Crippen molar-refractivity contribution in [2.24, 2.45) is 0 Å². The minimum absolute atomic E-state index is 0.595. The second-order valence-electron chi connectivity index (χ2n) is 5.44. The predicted octanol–water partition coefficient (Wildman–Crippen LogP) is 1.87. The van der Waals surface area contributed by atoms with Gasteiger partial charge in [-0.2, -0.15) is 0 Å². The zero-order chi connectivity index (χ0) is 14.1. The predicted molar refractivity (Wildman–Crippen MR) is 84.3 cm³/mol. The number of rotatable bonds is 3. The molecule has 1 aliphatic heterocycles. The SMILES string of the molecule is CNc1nc(CN2CCN(C)C(C)C2)nc2sccc12. The summed E-state index contributed by atoms with van der Waals surface area (Å²) >= 11 is 1.68. The normalized spacial score (nSPS) is 21.4. The van der Waals surface area contributed by atoms with Gasteiger partial charge in [0.15, 0.2) is 0 Å². The molecule has 3 rings (SSSR count). The van der Waals surface area contributed by atoms with Crippen LogP contribution in [0.3, 0.4) is 0 Å². The Morgan fingerprint density at radius 1 is 1.40 bits per heavy atom. The number of hydrogen-bond acceptors (Lipinski definition) is 6. The van der Waals surface area contributed by atoms with Crippen LogP contribution in [0.25, 0.3) is 10.2 Å². The lowest BCUT2D eigenvalue weighted by Gasteiger charge is -2.37. The number of nitrogens with zero attached hydrogens (tertiary/aromatic N) is 4. The Kier molecular flexibility index (Phi) is 3.87. The zero-order valence-electron chi connectivity index (χ0n) is 12.3. The molecule has 1 aliphatic rings. The van der Waals surface area contributed by atoms with E-state index in [-0.39, 0.29) is 0 Å². The highest BCUT2D eigenvalue weighted by molar-refractivity contribution is 7.16. The van der Waals surface area contributed by atoms with E-state index in [1.54, 1.807) is 11.3 Å². The number of hydrogen-bond donors (Lipinski definition) is 1. The van der Waals surface area contributed by atoms with Gasteiger partial charge in [0.1, 0.15) is 16.5 Å². The lowest BCUT2D eigenvalue weighted by atomic mass is 10.2. The van der Waals surface area contributed by atoms with Gasteiger partial charge in [-0.05, 0) is 25.4 Å². The van der Waals surface area contributed by atoms with Crippen LogP contribution in [0.15, 0.2) is 11.4 Å². The van der Waals surface area contributed by atoms with E-state index >= 15 is 0 Å². The molecule has 20 heavy (non-hydrogen) atoms. The smallest absolute Gasteiger partial charge is 0.146 e. The third-order valence-corrected chi connectivity index (χ3v) is 4.82. The van der Waals surface area contributed by atoms with E-state index in [4.69, 9.17) is 4.98 Å². The van der Waals surface area contributed by atoms with Crippen molar-refractivity contribution in [1.82, 2.24) is 19.8 Å². The van der Waals surface area contributed by atoms with Gasteiger partial charge in [0.05, 0.1) is 11.9 Å². The van der Waals surface area contributed by atoms with Crippen LogP contribution in [0.4, 0.5) is 5.82 Å². The van der Waals surface area contributed by atoms with Gasteiger partial charge < -0.3 is 10.2 Å². The lowest BCUT2D eigenvalue weighted by Crippen LogP contribution is -2.49. The molecule has 2 aromatic heterocycles. The Bertz CT molecular complexity index is 596. The maximum atomic E-state index is 4.69. The monoisotopic (exact) mass is 291 g/mol. The molecule has 0 aliphatic carbocycles. The van der Waals surface area contributed by atoms with Gasteiger partial charge in [-0.15, -0.1) is 11.3 Å². The Hall–Kier alpha value is -1.24. The molecule has 1 N–H and O–H groups in total. The highest BCUT2D eigenvalue weighted by Crippen LogP contribution is 2.25. The molecule has 0 aromatic carbocycles. The standard InChI is InChI=1S/C14H21N5S/c1-10-8-19(6-5-18(10)3)9-12-16-13(15-2)11-4-7-20-14(11)17-12/h4,7,10H,5-6,8-9H2,1-3H3,(H,15,16,17). The Morgan fingerprint density at radius 3 is 3.00 bits per heavy atom. The maximum Gasteiger partial charge on any atom is 0.146 e. The topological polar surface area (TPSA) is 44.3 Å². The summed E-state index contributed by atoms with van der Waals surface area (Å²) < 4.78 is 0. The highest BCUT2D eigenvalue weighted by Gasteiger charge is 2.21. The summed E-state index contributed by atoms with van der Waals surface area (Å²) in [6.45, 7) is 6.38. The van der Waals surface area contributed by atoms with Crippen molar-refractivity contribution in [3.63, 3.8) is 0 Å². The van der Waals surface area contributed by atoms with Gasteiger partial charge >= 0.3 is 0 Å². The third kappa shape index (κ3) is 2.63. The third-order valence-electron chi connectivity index (χ3n) is 4.02. The first-order valence-electron chi connectivity index (χ1n) is 7.02. The van der Waals surface area contributed by atoms with E-state index in [0.29, 0.717) is 6.04 Å². The fourth-order valence-corrected chi connectivity index (χ4v) is 3.41. The molecule has 0 radical (unpaired) electrons. The molecule has 3 heterocycles. The summed E-state index contributed by atoms with van der Waals surface area (Å²) in [4.78, 5) is 15.3. The van der Waals surface area contributed by atoms with Gasteiger partial charge in [-0.3, -0.25) is 4.90 Å². The molecular formula is C14H21N5S. The van der Waals surface area contributed by atoms with Crippen LogP contribution in [0, 0.1) is 0 Å². The first kappa shape index (κ1) is 13.7. The summed E-state index contributed by atoms with van der Waals surface area (Å²) in [7, 11) is 4.11. The van der Waals surface area contributed by atoms with Crippen molar-refractivity contribution in [1.29, 1.82) is 0 Å². The van der Waals surface area contributed by atoms with Crippen LogP contribution < -0.4 is 5.32 Å². The van der Waals surface area contributed by atoms with Crippen molar-refractivity contribution in [3.05, 3.63) is 17.3 Å². The molecule has 1 saturated heterocycles. The first-order chi connectivity index (χ1) is 9.67. The van der Waals surface area contributed by atoms with Gasteiger partial charge in [0, 0.05) is 32.7 Å². The summed E-state index contributed by atoms with van der Waals surface area (Å²) in [6.07, 6.45) is 0. The average molecular weight is 291 g/mol. The first-order valence-corrected chi connectivity index (χ1v) is 7.90. The van der Waals surface area contributed by atoms with Crippen molar-refractivity contribution >= 4 is 27.4 Å². The molecule has 0 amide bonds. The van der Waals surface area contributed by atoms with Crippen LogP contribution in [0.1, 0.15) is 12.7 Å². The molecule has 0 spiro atoms. The Balaban J connectivity index is 1.80. The van der Waals surface area contributed by atoms with Crippen molar-refractivity contribution in [2.45, 2.75) is 19.5 Å². The molecule has 108 valence electrons. The number of anilines is 1. The van der Waals surface area contributed by atoms with E-state index in [9.17, 15) is 0 Å². The second kappa shape index (κ2) is 5.63. The van der Waals surface area contributed by atoms with Gasteiger partial charge in [-0.25, -0.2) is 9.97 Å². The lowest BCUT2D eigenvalue weighted by molar-refractivity contribution is 0.0981. The average Bonchev–Trinajstić information content (AvgIpc) is 2.90. The number of fused-ring (bicyclic) bond motifs is 1. The molecule has 2 aromatic rings. The number of piperazine rings is 1. The molecule has 1 unspecified atom stereocenters. The quantitative estimate of drug-likeness (QED) is 0.935. The molecular weight excluding hydrogens is 270 g/mol. The molecule has 0 bridgehead atoms. The minimum Gasteiger partial charge on any atom is -0.372 e. The molecule has 6 heteroatoms. The second-order valence-corrected chi connectivity index (χ2v) is 6.34. The van der Waals surface area contributed by atoms with Crippen LogP contribution in [-0.4, -0.2) is 59.5 Å². The van der Waals surface area contributed by atoms with E-state index in [1.807, 2.05) is 7.05 Å². The maximum absolute atomic E-state index is 4.69. The van der Waals surface area contributed by atoms with Crippen LogP contribution in [-0.2, 0) is 6.54 Å². The summed E-state index contributed by atoms with van der Waals surface area (Å²) in [5.74, 6) is 1.86. The number of aromatic nitrogens is 2. The number of nitrogens with one attached hydrogen (secondary N) is 1. The molecule has 1 fully saturated rings. The molecule has 5 nitrogen and oxygen atoms in total. The fraction of sp³-hybridized carbons (Fsp3) is 0.571. The minimum atomic E-state index is 0.595. The number of thiophene rings is 1. The summed E-state index contributed by atoms with van der Waals surface area (Å²) in [5.41, 5.74) is 0. The van der Waals surface area contributed by atoms with Crippen LogP contribution >= 0.6 is 11.3 Å². The van der Waals surface area contributed by atoms with Crippen LogP contribution in [0.5, 0.6) is 0 Å².